The van der Waals surface area contributed by atoms with E-state index in [2.05, 4.69) is 0 Å². The number of fused-ring (bicyclic) bond motifs is 1. The number of ketones is 1. The highest BCUT2D eigenvalue weighted by molar-refractivity contribution is 7.87. The van der Waals surface area contributed by atoms with Gasteiger partial charge in [-0.2, -0.15) is 8.42 Å². The average Bonchev–Trinajstić information content (AvgIpc) is 3.09. The van der Waals surface area contributed by atoms with Crippen molar-refractivity contribution in [3.05, 3.63) is 102 Å². The maximum atomic E-state index is 13.0. The highest BCUT2D eigenvalue weighted by Gasteiger charge is 2.28. The number of hydrogen-bond acceptors (Lipinski definition) is 6. The van der Waals surface area contributed by atoms with Crippen molar-refractivity contribution >= 4 is 22.0 Å². The molecule has 0 bridgehead atoms. The monoisotopic (exact) mass is 452 g/mol. The predicted octanol–water partition coefficient (Wildman–Crippen LogP) is 4.77. The third kappa shape index (κ3) is 4.40. The molecule has 1 aliphatic rings. The normalized spacial score (nSPS) is 14.4. The molecule has 3 aromatic rings. The Morgan fingerprint density at radius 3 is 2.50 bits per heavy atom. The SMILES string of the molecule is COc1ccccc1/C=C/C=C1\Oc2cc(OS(=O)(=O)c3ccc(F)cc3)ccc2C1=O. The third-order valence-corrected chi connectivity index (χ3v) is 5.87. The lowest BCUT2D eigenvalue weighted by molar-refractivity contribution is 0.101. The van der Waals surface area contributed by atoms with E-state index in [1.54, 1.807) is 19.3 Å². The quantitative estimate of drug-likeness (QED) is 0.396. The molecule has 0 radical (unpaired) electrons. The van der Waals surface area contributed by atoms with Gasteiger partial charge >= 0.3 is 10.1 Å². The minimum atomic E-state index is -4.17. The zero-order chi connectivity index (χ0) is 22.7. The zero-order valence-corrected chi connectivity index (χ0v) is 17.6. The van der Waals surface area contributed by atoms with Crippen molar-refractivity contribution in [2.75, 3.05) is 7.11 Å². The lowest BCUT2D eigenvalue weighted by Crippen LogP contribution is -2.09. The highest BCUT2D eigenvalue weighted by atomic mass is 32.2. The van der Waals surface area contributed by atoms with Crippen molar-refractivity contribution in [2.24, 2.45) is 0 Å². The number of allylic oxidation sites excluding steroid dienone is 3. The van der Waals surface area contributed by atoms with Crippen molar-refractivity contribution in [3.8, 4) is 17.2 Å². The number of Topliss-reactive ketones (excluding diaryl/α,β-unsaturated/α-hetero) is 1. The molecule has 0 unspecified atom stereocenters. The van der Waals surface area contributed by atoms with E-state index in [4.69, 9.17) is 13.7 Å². The molecule has 0 saturated heterocycles. The molecule has 0 fully saturated rings. The second-order valence-corrected chi connectivity index (χ2v) is 8.26. The van der Waals surface area contributed by atoms with Crippen LogP contribution in [0.15, 0.2) is 89.5 Å². The third-order valence-electron chi connectivity index (χ3n) is 4.61. The fourth-order valence-corrected chi connectivity index (χ4v) is 3.98. The second kappa shape index (κ2) is 8.68. The number of rotatable bonds is 6. The molecule has 0 N–H and O–H groups in total. The molecular weight excluding hydrogens is 435 g/mol. The maximum absolute atomic E-state index is 13.0. The predicted molar refractivity (Wildman–Crippen MR) is 116 cm³/mol. The highest BCUT2D eigenvalue weighted by Crippen LogP contribution is 2.35. The molecule has 4 rings (SSSR count). The summed E-state index contributed by atoms with van der Waals surface area (Å²) in [6, 6.07) is 15.8. The van der Waals surface area contributed by atoms with Crippen LogP contribution < -0.4 is 13.7 Å². The number of carbonyl (C=O) groups is 1. The van der Waals surface area contributed by atoms with Gasteiger partial charge < -0.3 is 13.7 Å². The molecule has 0 aromatic heterocycles. The van der Waals surface area contributed by atoms with Crippen LogP contribution in [0.1, 0.15) is 15.9 Å². The Balaban J connectivity index is 1.52. The summed E-state index contributed by atoms with van der Waals surface area (Å²) in [5, 5.41) is 0. The molecule has 6 nitrogen and oxygen atoms in total. The van der Waals surface area contributed by atoms with Crippen molar-refractivity contribution < 1.29 is 31.3 Å². The first-order valence-corrected chi connectivity index (χ1v) is 10.9. The van der Waals surface area contributed by atoms with Crippen LogP contribution in [0.3, 0.4) is 0 Å². The summed E-state index contributed by atoms with van der Waals surface area (Å²) in [5.74, 6) is 0.0217. The summed E-state index contributed by atoms with van der Waals surface area (Å²) in [5.41, 5.74) is 1.12. The van der Waals surface area contributed by atoms with E-state index in [1.165, 1.54) is 24.3 Å². The molecule has 0 atom stereocenters. The number of hydrogen-bond donors (Lipinski definition) is 0. The fraction of sp³-hybridized carbons (Fsp3) is 0.0417. The minimum Gasteiger partial charge on any atom is -0.496 e. The number of benzene rings is 3. The Bertz CT molecular complexity index is 1340. The van der Waals surface area contributed by atoms with Crippen LogP contribution in [0.25, 0.3) is 6.08 Å². The van der Waals surface area contributed by atoms with Crippen LogP contribution in [0.5, 0.6) is 17.2 Å². The molecule has 1 aliphatic heterocycles. The van der Waals surface area contributed by atoms with Crippen LogP contribution in [0, 0.1) is 5.82 Å². The number of halogens is 1. The van der Waals surface area contributed by atoms with E-state index < -0.39 is 15.9 Å². The molecule has 0 amide bonds. The van der Waals surface area contributed by atoms with Crippen LogP contribution in [-0.4, -0.2) is 21.3 Å². The Kier molecular flexibility index (Phi) is 5.79. The van der Waals surface area contributed by atoms with Gasteiger partial charge in [0.25, 0.3) is 0 Å². The molecule has 32 heavy (non-hydrogen) atoms. The summed E-state index contributed by atoms with van der Waals surface area (Å²) >= 11 is 0. The number of ether oxygens (including phenoxy) is 2. The molecule has 0 spiro atoms. The molecule has 3 aromatic carbocycles. The van der Waals surface area contributed by atoms with Crippen molar-refractivity contribution in [1.82, 2.24) is 0 Å². The smallest absolute Gasteiger partial charge is 0.339 e. The van der Waals surface area contributed by atoms with Crippen LogP contribution in [0.4, 0.5) is 4.39 Å². The second-order valence-electron chi connectivity index (χ2n) is 6.71. The topological polar surface area (TPSA) is 78.9 Å². The molecule has 162 valence electrons. The van der Waals surface area contributed by atoms with E-state index in [1.807, 2.05) is 24.3 Å². The number of carbonyl (C=O) groups excluding carboxylic acids is 1. The Morgan fingerprint density at radius 1 is 1.00 bits per heavy atom. The van der Waals surface area contributed by atoms with Gasteiger partial charge in [0.15, 0.2) is 5.76 Å². The zero-order valence-electron chi connectivity index (χ0n) is 16.8. The van der Waals surface area contributed by atoms with E-state index in [0.717, 1.165) is 29.8 Å². The first-order valence-electron chi connectivity index (χ1n) is 9.45. The molecule has 8 heteroatoms. The molecule has 0 aliphatic carbocycles. The summed E-state index contributed by atoms with van der Waals surface area (Å²) in [7, 11) is -2.60. The van der Waals surface area contributed by atoms with Crippen molar-refractivity contribution in [3.63, 3.8) is 0 Å². The van der Waals surface area contributed by atoms with Crippen LogP contribution >= 0.6 is 0 Å². The van der Waals surface area contributed by atoms with Gasteiger partial charge in [-0.15, -0.1) is 0 Å². The summed E-state index contributed by atoms with van der Waals surface area (Å²) in [6.45, 7) is 0. The molecular formula is C24H17FO6S. The minimum absolute atomic E-state index is 0.0355. The van der Waals surface area contributed by atoms with Crippen molar-refractivity contribution in [1.29, 1.82) is 0 Å². The van der Waals surface area contributed by atoms with Gasteiger partial charge in [-0.05, 0) is 48.5 Å². The Morgan fingerprint density at radius 2 is 1.75 bits per heavy atom. The average molecular weight is 452 g/mol. The van der Waals surface area contributed by atoms with Gasteiger partial charge in [0.1, 0.15) is 28.0 Å². The van der Waals surface area contributed by atoms with Crippen molar-refractivity contribution in [2.45, 2.75) is 4.90 Å². The van der Waals surface area contributed by atoms with Gasteiger partial charge in [0, 0.05) is 11.6 Å². The first kappa shape index (κ1) is 21.3. The number of methoxy groups -OCH3 is 1. The summed E-state index contributed by atoms with van der Waals surface area (Å²) < 4.78 is 53.8. The van der Waals surface area contributed by atoms with Gasteiger partial charge in [0.05, 0.1) is 12.7 Å². The van der Waals surface area contributed by atoms with Gasteiger partial charge in [-0.1, -0.05) is 30.4 Å². The maximum Gasteiger partial charge on any atom is 0.339 e. The van der Waals surface area contributed by atoms with E-state index >= 15 is 0 Å². The Hall–Kier alpha value is -3.91. The van der Waals surface area contributed by atoms with E-state index in [9.17, 15) is 17.6 Å². The fourth-order valence-electron chi connectivity index (χ4n) is 3.05. The number of para-hydroxylation sites is 1. The Labute approximate surface area is 184 Å². The molecule has 1 heterocycles. The lowest BCUT2D eigenvalue weighted by atomic mass is 10.1. The van der Waals surface area contributed by atoms with E-state index in [-0.39, 0.29) is 33.5 Å². The van der Waals surface area contributed by atoms with Crippen LogP contribution in [-0.2, 0) is 10.1 Å². The van der Waals surface area contributed by atoms with Crippen LogP contribution in [0.2, 0.25) is 0 Å². The van der Waals surface area contributed by atoms with Gasteiger partial charge in [-0.3, -0.25) is 4.79 Å². The standard InChI is InChI=1S/C24H17FO6S/c1-29-21-7-3-2-5-16(21)6-4-8-22-24(26)20-14-11-18(15-23(20)30-22)31-32(27,28)19-12-9-17(25)10-13-19/h2-15H,1H3/b6-4+,22-8-. The summed E-state index contributed by atoms with van der Waals surface area (Å²) in [4.78, 5) is 12.4. The lowest BCUT2D eigenvalue weighted by Gasteiger charge is -2.07. The van der Waals surface area contributed by atoms with E-state index in [0.29, 0.717) is 5.75 Å². The van der Waals surface area contributed by atoms with Gasteiger partial charge in [-0.25, -0.2) is 4.39 Å². The summed E-state index contributed by atoms with van der Waals surface area (Å²) in [6.07, 6.45) is 4.95. The largest absolute Gasteiger partial charge is 0.496 e. The molecule has 0 saturated carbocycles. The van der Waals surface area contributed by atoms with Gasteiger partial charge in [0.2, 0.25) is 5.78 Å². The first-order chi connectivity index (χ1) is 15.4.